The topological polar surface area (TPSA) is 35.0 Å². The molecular weight excluding hydrogens is 275 g/mol. The minimum absolute atomic E-state index is 0.120. The van der Waals surface area contributed by atoms with E-state index in [2.05, 4.69) is 25.9 Å². The molecular formula is C11H8BrFN2O. The lowest BCUT2D eigenvalue weighted by atomic mass is 10.3. The molecule has 0 fully saturated rings. The van der Waals surface area contributed by atoms with E-state index in [0.717, 1.165) is 5.56 Å². The number of hydrogen-bond donors (Lipinski definition) is 0. The second-order valence-electron chi connectivity index (χ2n) is 3.04. The number of hydrogen-bond acceptors (Lipinski definition) is 3. The monoisotopic (exact) mass is 282 g/mol. The molecule has 1 heterocycles. The third kappa shape index (κ3) is 2.55. The number of nitrogens with zero attached hydrogens (tertiary/aromatic N) is 2. The first kappa shape index (κ1) is 11.0. The van der Waals surface area contributed by atoms with Crippen molar-refractivity contribution in [2.24, 2.45) is 0 Å². The molecule has 5 heteroatoms. The van der Waals surface area contributed by atoms with Gasteiger partial charge in [0, 0.05) is 17.7 Å². The van der Waals surface area contributed by atoms with Crippen molar-refractivity contribution in [1.29, 1.82) is 0 Å². The average molecular weight is 283 g/mol. The molecule has 0 unspecified atom stereocenters. The minimum Gasteiger partial charge on any atom is -0.421 e. The van der Waals surface area contributed by atoms with Crippen molar-refractivity contribution >= 4 is 15.9 Å². The lowest BCUT2D eigenvalue weighted by Gasteiger charge is -2.04. The van der Waals surface area contributed by atoms with E-state index in [9.17, 15) is 4.39 Å². The Balaban J connectivity index is 2.18. The van der Waals surface area contributed by atoms with Gasteiger partial charge in [-0.05, 0) is 17.7 Å². The molecule has 0 radical (unpaired) electrons. The molecule has 0 saturated carbocycles. The first-order chi connectivity index (χ1) is 7.79. The first-order valence-corrected chi connectivity index (χ1v) is 5.71. The number of para-hydroxylation sites is 1. The molecule has 0 aliphatic rings. The Morgan fingerprint density at radius 1 is 1.19 bits per heavy atom. The maximum Gasteiger partial charge on any atom is 0.321 e. The fourth-order valence-electron chi connectivity index (χ4n) is 1.09. The van der Waals surface area contributed by atoms with Crippen LogP contribution < -0.4 is 4.74 Å². The van der Waals surface area contributed by atoms with Crippen LogP contribution in [0.25, 0.3) is 0 Å². The van der Waals surface area contributed by atoms with Crippen molar-refractivity contribution in [3.63, 3.8) is 0 Å². The fourth-order valence-corrected chi connectivity index (χ4v) is 1.38. The van der Waals surface area contributed by atoms with Crippen molar-refractivity contribution in [3.05, 3.63) is 48.0 Å². The highest BCUT2D eigenvalue weighted by Gasteiger charge is 2.04. The quantitative estimate of drug-likeness (QED) is 0.811. The second-order valence-corrected chi connectivity index (χ2v) is 3.60. The Bertz CT molecular complexity index is 476. The van der Waals surface area contributed by atoms with E-state index in [1.165, 1.54) is 12.1 Å². The Kier molecular flexibility index (Phi) is 3.46. The maximum absolute atomic E-state index is 13.2. The molecule has 2 rings (SSSR count). The van der Waals surface area contributed by atoms with Crippen molar-refractivity contribution < 1.29 is 9.13 Å². The Labute approximate surface area is 100 Å². The van der Waals surface area contributed by atoms with E-state index in [1.807, 2.05) is 0 Å². The van der Waals surface area contributed by atoms with Crippen LogP contribution in [-0.4, -0.2) is 9.97 Å². The molecule has 16 heavy (non-hydrogen) atoms. The van der Waals surface area contributed by atoms with Crippen LogP contribution in [0.3, 0.4) is 0 Å². The summed E-state index contributed by atoms with van der Waals surface area (Å²) in [6.07, 6.45) is 3.25. The normalized spacial score (nSPS) is 10.1. The summed E-state index contributed by atoms with van der Waals surface area (Å²) in [6.45, 7) is 0. The molecule has 0 amide bonds. The van der Waals surface area contributed by atoms with Gasteiger partial charge in [-0.1, -0.05) is 28.1 Å². The fraction of sp³-hybridized carbons (Fsp3) is 0.0909. The van der Waals surface area contributed by atoms with Crippen LogP contribution in [0.5, 0.6) is 11.8 Å². The molecule has 0 saturated heterocycles. The zero-order chi connectivity index (χ0) is 11.4. The molecule has 0 aliphatic carbocycles. The van der Waals surface area contributed by atoms with E-state index in [1.54, 1.807) is 24.5 Å². The molecule has 0 bridgehead atoms. The highest BCUT2D eigenvalue weighted by molar-refractivity contribution is 9.08. The zero-order valence-electron chi connectivity index (χ0n) is 8.23. The Hall–Kier alpha value is -1.49. The smallest absolute Gasteiger partial charge is 0.321 e. The van der Waals surface area contributed by atoms with Gasteiger partial charge in [0.05, 0.1) is 0 Å². The molecule has 2 aromatic rings. The molecule has 0 atom stereocenters. The number of rotatable bonds is 3. The molecule has 1 aromatic heterocycles. The Morgan fingerprint density at radius 2 is 1.88 bits per heavy atom. The summed E-state index contributed by atoms with van der Waals surface area (Å²) in [4.78, 5) is 7.91. The maximum atomic E-state index is 13.2. The van der Waals surface area contributed by atoms with Crippen molar-refractivity contribution in [1.82, 2.24) is 9.97 Å². The van der Waals surface area contributed by atoms with Gasteiger partial charge in [0.2, 0.25) is 0 Å². The van der Waals surface area contributed by atoms with E-state index in [0.29, 0.717) is 5.33 Å². The predicted molar refractivity (Wildman–Crippen MR) is 61.1 cm³/mol. The zero-order valence-corrected chi connectivity index (χ0v) is 9.82. The lowest BCUT2D eigenvalue weighted by molar-refractivity contribution is 0.410. The largest absolute Gasteiger partial charge is 0.421 e. The van der Waals surface area contributed by atoms with Gasteiger partial charge in [0.1, 0.15) is 0 Å². The van der Waals surface area contributed by atoms with Gasteiger partial charge in [-0.2, -0.15) is 0 Å². The van der Waals surface area contributed by atoms with E-state index in [4.69, 9.17) is 4.74 Å². The van der Waals surface area contributed by atoms with Crippen LogP contribution in [0, 0.1) is 5.82 Å². The van der Waals surface area contributed by atoms with Crippen LogP contribution in [0.2, 0.25) is 0 Å². The molecule has 0 N–H and O–H groups in total. The molecule has 0 spiro atoms. The van der Waals surface area contributed by atoms with Crippen LogP contribution in [-0.2, 0) is 5.33 Å². The lowest BCUT2D eigenvalue weighted by Crippen LogP contribution is -1.94. The first-order valence-electron chi connectivity index (χ1n) is 4.59. The van der Waals surface area contributed by atoms with Crippen LogP contribution in [0.4, 0.5) is 4.39 Å². The number of aromatic nitrogens is 2. The summed E-state index contributed by atoms with van der Waals surface area (Å²) < 4.78 is 18.4. The second kappa shape index (κ2) is 5.03. The predicted octanol–water partition coefficient (Wildman–Crippen LogP) is 3.30. The summed E-state index contributed by atoms with van der Waals surface area (Å²) in [5.41, 5.74) is 0.931. The van der Waals surface area contributed by atoms with Gasteiger partial charge in [-0.15, -0.1) is 0 Å². The number of halogens is 2. The van der Waals surface area contributed by atoms with Gasteiger partial charge >= 0.3 is 6.01 Å². The van der Waals surface area contributed by atoms with Gasteiger partial charge in [-0.3, -0.25) is 0 Å². The average Bonchev–Trinajstić information content (AvgIpc) is 2.33. The summed E-state index contributed by atoms with van der Waals surface area (Å²) >= 11 is 3.28. The van der Waals surface area contributed by atoms with Gasteiger partial charge in [-0.25, -0.2) is 14.4 Å². The van der Waals surface area contributed by atoms with Crippen molar-refractivity contribution in [3.8, 4) is 11.8 Å². The summed E-state index contributed by atoms with van der Waals surface area (Å²) in [7, 11) is 0. The van der Waals surface area contributed by atoms with Crippen molar-refractivity contribution in [2.45, 2.75) is 5.33 Å². The SMILES string of the molecule is Fc1ccccc1Oc1ncc(CBr)cn1. The van der Waals surface area contributed by atoms with Gasteiger partial charge in [0.25, 0.3) is 0 Å². The number of benzene rings is 1. The summed E-state index contributed by atoms with van der Waals surface area (Å²) in [5, 5.41) is 0.674. The Morgan fingerprint density at radius 3 is 2.50 bits per heavy atom. The minimum atomic E-state index is -0.435. The molecule has 1 aromatic carbocycles. The molecule has 3 nitrogen and oxygen atoms in total. The van der Waals surface area contributed by atoms with Crippen molar-refractivity contribution in [2.75, 3.05) is 0 Å². The van der Waals surface area contributed by atoms with E-state index >= 15 is 0 Å². The summed E-state index contributed by atoms with van der Waals surface area (Å²) in [5.74, 6) is -0.315. The highest BCUT2D eigenvalue weighted by atomic mass is 79.9. The molecule has 82 valence electrons. The van der Waals surface area contributed by atoms with E-state index < -0.39 is 5.82 Å². The van der Waals surface area contributed by atoms with Crippen LogP contribution in [0.15, 0.2) is 36.7 Å². The highest BCUT2D eigenvalue weighted by Crippen LogP contribution is 2.20. The third-order valence-electron chi connectivity index (χ3n) is 1.87. The summed E-state index contributed by atoms with van der Waals surface area (Å²) in [6, 6.07) is 6.26. The van der Waals surface area contributed by atoms with E-state index in [-0.39, 0.29) is 11.8 Å². The number of ether oxygens (including phenoxy) is 1. The van der Waals surface area contributed by atoms with Gasteiger partial charge < -0.3 is 4.74 Å². The van der Waals surface area contributed by atoms with Gasteiger partial charge in [0.15, 0.2) is 11.6 Å². The standard InChI is InChI=1S/C11H8BrFN2O/c12-5-8-6-14-11(15-7-8)16-10-4-2-1-3-9(10)13/h1-4,6-7H,5H2. The van der Waals surface area contributed by atoms with Crippen LogP contribution in [0.1, 0.15) is 5.56 Å². The molecule has 0 aliphatic heterocycles. The third-order valence-corrected chi connectivity index (χ3v) is 2.52. The van der Waals surface area contributed by atoms with Crippen LogP contribution >= 0.6 is 15.9 Å². The number of alkyl halides is 1.